The Bertz CT molecular complexity index is 790. The highest BCUT2D eigenvalue weighted by Crippen LogP contribution is 2.20. The monoisotopic (exact) mass is 388 g/mol. The van der Waals surface area contributed by atoms with Crippen LogP contribution in [0.1, 0.15) is 18.3 Å². The minimum absolute atomic E-state index is 0.0423. The van der Waals surface area contributed by atoms with Crippen LogP contribution in [0.4, 0.5) is 11.6 Å². The number of para-hydroxylation sites is 1. The number of halogens is 1. The number of aryl methyl sites for hydroxylation is 2. The van der Waals surface area contributed by atoms with Gasteiger partial charge in [-0.3, -0.25) is 4.79 Å². The van der Waals surface area contributed by atoms with Gasteiger partial charge in [-0.2, -0.15) is 0 Å². The molecule has 0 bridgehead atoms. The van der Waals surface area contributed by atoms with E-state index >= 15 is 0 Å². The zero-order chi connectivity index (χ0) is 17.7. The van der Waals surface area contributed by atoms with Gasteiger partial charge < -0.3 is 10.4 Å². The van der Waals surface area contributed by atoms with E-state index in [1.165, 1.54) is 13.1 Å². The fraction of sp³-hybridized carbons (Fsp3) is 0.176. The number of carbonyl (C=O) groups is 1. The third kappa shape index (κ3) is 4.48. The Balaban J connectivity index is 2.23. The highest BCUT2D eigenvalue weighted by molar-refractivity contribution is 9.10. The van der Waals surface area contributed by atoms with Crippen LogP contribution < -0.4 is 5.32 Å². The number of anilines is 1. The van der Waals surface area contributed by atoms with E-state index in [9.17, 15) is 9.90 Å². The van der Waals surface area contributed by atoms with E-state index < -0.39 is 5.91 Å². The maximum Gasteiger partial charge on any atom is 0.260 e. The second-order valence-corrected chi connectivity index (χ2v) is 5.88. The third-order valence-electron chi connectivity index (χ3n) is 3.15. The second-order valence-electron chi connectivity index (χ2n) is 5.09. The molecule has 2 aromatic rings. The molecule has 124 valence electrons. The zero-order valence-corrected chi connectivity index (χ0v) is 15.1. The second kappa shape index (κ2) is 7.83. The summed E-state index contributed by atoms with van der Waals surface area (Å²) in [5.74, 6) is -0.382. The van der Waals surface area contributed by atoms with Gasteiger partial charge in [0.25, 0.3) is 5.91 Å². The molecular formula is C17H17BrN4O2. The highest BCUT2D eigenvalue weighted by atomic mass is 79.9. The van der Waals surface area contributed by atoms with Crippen LogP contribution >= 0.6 is 15.9 Å². The molecule has 6 nitrogen and oxygen atoms in total. The Morgan fingerprint density at radius 3 is 2.33 bits per heavy atom. The lowest BCUT2D eigenvalue weighted by atomic mass is 10.2. The summed E-state index contributed by atoms with van der Waals surface area (Å²) in [7, 11) is 0. The largest absolute Gasteiger partial charge is 0.512 e. The van der Waals surface area contributed by atoms with Gasteiger partial charge in [-0.05, 0) is 48.8 Å². The molecule has 0 saturated heterocycles. The number of amides is 1. The van der Waals surface area contributed by atoms with Crippen molar-refractivity contribution in [2.24, 2.45) is 4.99 Å². The van der Waals surface area contributed by atoms with Crippen LogP contribution in [0.15, 0.2) is 51.1 Å². The molecule has 0 unspecified atom stereocenters. The molecule has 1 aromatic heterocycles. The van der Waals surface area contributed by atoms with Crippen LogP contribution in [0.2, 0.25) is 0 Å². The molecule has 0 aliphatic heterocycles. The minimum atomic E-state index is -0.462. The number of aliphatic imine (C=N–C) groups is 1. The van der Waals surface area contributed by atoms with Crippen molar-refractivity contribution >= 4 is 39.7 Å². The van der Waals surface area contributed by atoms with Crippen LogP contribution in [0, 0.1) is 13.8 Å². The first-order valence-corrected chi connectivity index (χ1v) is 7.99. The Morgan fingerprint density at radius 1 is 1.21 bits per heavy atom. The smallest absolute Gasteiger partial charge is 0.260 e. The Labute approximate surface area is 148 Å². The third-order valence-corrected chi connectivity index (χ3v) is 4.29. The average molecular weight is 389 g/mol. The molecule has 0 radical (unpaired) electrons. The van der Waals surface area contributed by atoms with Gasteiger partial charge >= 0.3 is 0 Å². The molecule has 2 rings (SSSR count). The standard InChI is InChI=1S/C17H17BrN4O2/c1-10-15(18)11(2)21-17(20-10)19-9-14(12(3)23)16(24)22-13-7-5-4-6-8-13/h4-9,23H,1-3H3,(H,22,24)/b14-12+,19-9+. The van der Waals surface area contributed by atoms with Crippen molar-refractivity contribution in [3.05, 3.63) is 57.5 Å². The van der Waals surface area contributed by atoms with Crippen molar-refractivity contribution in [3.63, 3.8) is 0 Å². The summed E-state index contributed by atoms with van der Waals surface area (Å²) in [6.45, 7) is 5.08. The predicted octanol–water partition coefficient (Wildman–Crippen LogP) is 4.03. The number of rotatable bonds is 4. The van der Waals surface area contributed by atoms with Gasteiger partial charge in [0, 0.05) is 11.9 Å². The van der Waals surface area contributed by atoms with E-state index in [0.717, 1.165) is 15.9 Å². The van der Waals surface area contributed by atoms with Crippen molar-refractivity contribution in [1.29, 1.82) is 0 Å². The lowest BCUT2D eigenvalue weighted by molar-refractivity contribution is -0.112. The van der Waals surface area contributed by atoms with E-state index in [2.05, 4.69) is 36.2 Å². The number of hydrogen-bond acceptors (Lipinski definition) is 5. The lowest BCUT2D eigenvalue weighted by Crippen LogP contribution is -2.16. The number of benzene rings is 1. The molecule has 0 aliphatic carbocycles. The van der Waals surface area contributed by atoms with Crippen molar-refractivity contribution in [1.82, 2.24) is 9.97 Å². The summed E-state index contributed by atoms with van der Waals surface area (Å²) in [6, 6.07) is 8.97. The van der Waals surface area contributed by atoms with Gasteiger partial charge in [-0.1, -0.05) is 18.2 Å². The molecule has 0 atom stereocenters. The van der Waals surface area contributed by atoms with E-state index in [1.54, 1.807) is 24.3 Å². The number of nitrogens with one attached hydrogen (secondary N) is 1. The van der Waals surface area contributed by atoms with Gasteiger partial charge in [-0.25, -0.2) is 15.0 Å². The fourth-order valence-corrected chi connectivity index (χ4v) is 2.08. The number of aliphatic hydroxyl groups excluding tert-OH is 1. The molecule has 1 amide bonds. The molecule has 24 heavy (non-hydrogen) atoms. The number of carbonyl (C=O) groups excluding carboxylic acids is 1. The van der Waals surface area contributed by atoms with Gasteiger partial charge in [-0.15, -0.1) is 0 Å². The van der Waals surface area contributed by atoms with Crippen molar-refractivity contribution in [2.75, 3.05) is 5.32 Å². The first-order chi connectivity index (χ1) is 11.4. The summed E-state index contributed by atoms with van der Waals surface area (Å²) >= 11 is 3.39. The van der Waals surface area contributed by atoms with E-state index in [4.69, 9.17) is 0 Å². The van der Waals surface area contributed by atoms with Gasteiger partial charge in [0.15, 0.2) is 0 Å². The predicted molar refractivity (Wildman–Crippen MR) is 97.8 cm³/mol. The average Bonchev–Trinajstić information content (AvgIpc) is 2.53. The van der Waals surface area contributed by atoms with E-state index in [-0.39, 0.29) is 17.3 Å². The van der Waals surface area contributed by atoms with Gasteiger partial charge in [0.05, 0.1) is 21.4 Å². The van der Waals surface area contributed by atoms with Gasteiger partial charge in [0.1, 0.15) is 5.76 Å². The SMILES string of the molecule is C/C(O)=C(/C=N/c1nc(C)c(Br)c(C)n1)C(=O)Nc1ccccc1. The summed E-state index contributed by atoms with van der Waals surface area (Å²) in [5.41, 5.74) is 2.16. The van der Waals surface area contributed by atoms with Crippen LogP contribution in [-0.4, -0.2) is 27.2 Å². The Kier molecular flexibility index (Phi) is 5.81. The van der Waals surface area contributed by atoms with Crippen LogP contribution in [-0.2, 0) is 4.79 Å². The first-order valence-electron chi connectivity index (χ1n) is 7.19. The summed E-state index contributed by atoms with van der Waals surface area (Å²) in [5, 5.41) is 12.5. The molecule has 1 aromatic carbocycles. The fourth-order valence-electron chi connectivity index (χ4n) is 1.90. The Morgan fingerprint density at radius 2 is 1.79 bits per heavy atom. The zero-order valence-electron chi connectivity index (χ0n) is 13.5. The highest BCUT2D eigenvalue weighted by Gasteiger charge is 2.12. The molecule has 7 heteroatoms. The maximum absolute atomic E-state index is 12.3. The number of hydrogen-bond donors (Lipinski definition) is 2. The number of aliphatic hydroxyl groups is 1. The Hall–Kier alpha value is -2.54. The van der Waals surface area contributed by atoms with Gasteiger partial charge in [0.2, 0.25) is 5.95 Å². The van der Waals surface area contributed by atoms with Crippen molar-refractivity contribution < 1.29 is 9.90 Å². The molecule has 0 fully saturated rings. The topological polar surface area (TPSA) is 87.5 Å². The van der Waals surface area contributed by atoms with Crippen LogP contribution in [0.3, 0.4) is 0 Å². The van der Waals surface area contributed by atoms with Crippen LogP contribution in [0.5, 0.6) is 0 Å². The summed E-state index contributed by atoms with van der Waals surface area (Å²) in [4.78, 5) is 24.8. The van der Waals surface area contributed by atoms with E-state index in [0.29, 0.717) is 5.69 Å². The first kappa shape index (κ1) is 17.8. The van der Waals surface area contributed by atoms with Crippen LogP contribution in [0.25, 0.3) is 0 Å². The molecule has 0 aliphatic rings. The summed E-state index contributed by atoms with van der Waals surface area (Å²) in [6.07, 6.45) is 1.26. The maximum atomic E-state index is 12.3. The normalized spacial score (nSPS) is 12.2. The number of nitrogens with zero attached hydrogens (tertiary/aromatic N) is 3. The number of allylic oxidation sites excluding steroid dienone is 1. The van der Waals surface area contributed by atoms with Crippen molar-refractivity contribution in [3.8, 4) is 0 Å². The quantitative estimate of drug-likeness (QED) is 0.470. The number of aromatic nitrogens is 2. The molecule has 0 spiro atoms. The molecule has 0 saturated carbocycles. The molecule has 2 N–H and O–H groups in total. The van der Waals surface area contributed by atoms with Crippen molar-refractivity contribution in [2.45, 2.75) is 20.8 Å². The molecule has 1 heterocycles. The summed E-state index contributed by atoms with van der Waals surface area (Å²) < 4.78 is 0.817. The molecular weight excluding hydrogens is 372 g/mol. The lowest BCUT2D eigenvalue weighted by Gasteiger charge is -2.06. The minimum Gasteiger partial charge on any atom is -0.512 e. The van der Waals surface area contributed by atoms with E-state index in [1.807, 2.05) is 19.9 Å².